The third-order valence-corrected chi connectivity index (χ3v) is 6.96. The van der Waals surface area contributed by atoms with Crippen molar-refractivity contribution in [3.63, 3.8) is 0 Å². The molecule has 3 rings (SSSR count). The maximum absolute atomic E-state index is 13.7. The molecule has 0 unspecified atom stereocenters. The van der Waals surface area contributed by atoms with Gasteiger partial charge in [0.25, 0.3) is 15.9 Å². The van der Waals surface area contributed by atoms with Crippen LogP contribution >= 0.6 is 0 Å². The van der Waals surface area contributed by atoms with Gasteiger partial charge in [0.2, 0.25) is 5.91 Å². The van der Waals surface area contributed by atoms with Crippen LogP contribution in [-0.4, -0.2) is 39.9 Å². The molecule has 0 aliphatic heterocycles. The highest BCUT2D eigenvalue weighted by molar-refractivity contribution is 7.92. The zero-order chi connectivity index (χ0) is 26.1. The molecule has 0 aromatic heterocycles. The van der Waals surface area contributed by atoms with Crippen LogP contribution in [0.5, 0.6) is 5.75 Å². The number of para-hydroxylation sites is 3. The summed E-state index contributed by atoms with van der Waals surface area (Å²) < 4.78 is 34.1. The van der Waals surface area contributed by atoms with E-state index >= 15 is 0 Å². The Balaban J connectivity index is 1.98. The van der Waals surface area contributed by atoms with Crippen molar-refractivity contribution in [3.8, 4) is 5.75 Å². The van der Waals surface area contributed by atoms with Gasteiger partial charge in [0.1, 0.15) is 12.3 Å². The van der Waals surface area contributed by atoms with Gasteiger partial charge in [0.05, 0.1) is 28.4 Å². The quantitative estimate of drug-likeness (QED) is 0.380. The van der Waals surface area contributed by atoms with Crippen molar-refractivity contribution in [1.29, 1.82) is 0 Å². The van der Waals surface area contributed by atoms with Crippen molar-refractivity contribution in [1.82, 2.24) is 5.32 Å². The molecule has 0 radical (unpaired) electrons. The number of ether oxygens (including phenoxy) is 1. The van der Waals surface area contributed by atoms with Crippen molar-refractivity contribution in [3.05, 3.63) is 96.6 Å². The molecule has 0 aliphatic carbocycles. The number of nitrogens with zero attached hydrogens (tertiary/aromatic N) is 1. The van der Waals surface area contributed by atoms with E-state index in [4.69, 9.17) is 4.74 Å². The second kappa shape index (κ2) is 12.0. The molecule has 188 valence electrons. The van der Waals surface area contributed by atoms with E-state index in [9.17, 15) is 18.0 Å². The molecular weight excluding hydrogens is 478 g/mol. The summed E-state index contributed by atoms with van der Waals surface area (Å²) in [5.41, 5.74) is 1.64. The molecule has 0 saturated heterocycles. The lowest BCUT2D eigenvalue weighted by Gasteiger charge is -2.26. The number of hydrogen-bond acceptors (Lipinski definition) is 5. The fourth-order valence-electron chi connectivity index (χ4n) is 3.45. The molecule has 36 heavy (non-hydrogen) atoms. The van der Waals surface area contributed by atoms with Crippen LogP contribution in [0.2, 0.25) is 0 Å². The van der Waals surface area contributed by atoms with E-state index in [1.807, 2.05) is 6.92 Å². The van der Waals surface area contributed by atoms with Gasteiger partial charge in [-0.15, -0.1) is 6.58 Å². The molecule has 3 aromatic rings. The summed E-state index contributed by atoms with van der Waals surface area (Å²) in [5.74, 6) is -0.690. The monoisotopic (exact) mass is 507 g/mol. The molecule has 0 spiro atoms. The molecule has 0 atom stereocenters. The lowest BCUT2D eigenvalue weighted by Crippen LogP contribution is -2.38. The summed E-state index contributed by atoms with van der Waals surface area (Å²) in [6.45, 7) is 7.26. The van der Waals surface area contributed by atoms with Crippen LogP contribution in [0.25, 0.3) is 0 Å². The number of hydrogen-bond donors (Lipinski definition) is 2. The average molecular weight is 508 g/mol. The fraction of sp³-hybridized carbons (Fsp3) is 0.185. The van der Waals surface area contributed by atoms with Gasteiger partial charge >= 0.3 is 0 Å². The lowest BCUT2D eigenvalue weighted by molar-refractivity contribution is -0.114. The van der Waals surface area contributed by atoms with Crippen molar-refractivity contribution < 1.29 is 22.7 Å². The topological polar surface area (TPSA) is 105 Å². The summed E-state index contributed by atoms with van der Waals surface area (Å²) in [6, 6.07) is 19.5. The van der Waals surface area contributed by atoms with Crippen LogP contribution in [0.1, 0.15) is 22.8 Å². The van der Waals surface area contributed by atoms with Crippen LogP contribution in [-0.2, 0) is 14.8 Å². The Bertz CT molecular complexity index is 1340. The zero-order valence-corrected chi connectivity index (χ0v) is 21.0. The summed E-state index contributed by atoms with van der Waals surface area (Å²) in [5, 5.41) is 5.35. The maximum Gasteiger partial charge on any atom is 0.264 e. The van der Waals surface area contributed by atoms with Gasteiger partial charge in [-0.05, 0) is 50.2 Å². The van der Waals surface area contributed by atoms with Crippen LogP contribution in [0.15, 0.2) is 90.3 Å². The summed E-state index contributed by atoms with van der Waals surface area (Å²) >= 11 is 0. The Labute approximate surface area is 211 Å². The standard InChI is InChI=1S/C27H29N3O5S/c1-4-18-28-27(32)22-10-6-7-11-23(22)29-26(31)19-30(24-12-8-9-13-25(24)35-5-2)36(33,34)21-16-14-20(3)15-17-21/h4,6-17H,1,5,18-19H2,2-3H3,(H,28,32)(H,29,31). The Kier molecular flexibility index (Phi) is 8.86. The second-order valence-electron chi connectivity index (χ2n) is 7.82. The van der Waals surface area contributed by atoms with Crippen molar-refractivity contribution in [2.45, 2.75) is 18.7 Å². The first-order valence-corrected chi connectivity index (χ1v) is 12.8. The number of sulfonamides is 1. The summed E-state index contributed by atoms with van der Waals surface area (Å²) in [6.07, 6.45) is 1.54. The van der Waals surface area contributed by atoms with Crippen molar-refractivity contribution in [2.24, 2.45) is 0 Å². The van der Waals surface area contributed by atoms with E-state index in [0.717, 1.165) is 9.87 Å². The van der Waals surface area contributed by atoms with Crippen molar-refractivity contribution >= 4 is 33.2 Å². The normalized spacial score (nSPS) is 10.8. The minimum absolute atomic E-state index is 0.0383. The number of rotatable bonds is 11. The number of aryl methyl sites for hydroxylation is 1. The van der Waals surface area contributed by atoms with Crippen LogP contribution in [0.4, 0.5) is 11.4 Å². The molecule has 8 nitrogen and oxygen atoms in total. The van der Waals surface area contributed by atoms with Gasteiger partial charge in [0, 0.05) is 6.54 Å². The van der Waals surface area contributed by atoms with E-state index < -0.39 is 28.4 Å². The Morgan fingerprint density at radius 2 is 1.67 bits per heavy atom. The predicted octanol–water partition coefficient (Wildman–Crippen LogP) is 4.14. The van der Waals surface area contributed by atoms with E-state index in [-0.39, 0.29) is 28.4 Å². The predicted molar refractivity (Wildman–Crippen MR) is 141 cm³/mol. The average Bonchev–Trinajstić information content (AvgIpc) is 2.87. The molecule has 3 aromatic carbocycles. The first-order chi connectivity index (χ1) is 17.3. The minimum Gasteiger partial charge on any atom is -0.492 e. The molecule has 0 fully saturated rings. The fourth-order valence-corrected chi connectivity index (χ4v) is 4.88. The first-order valence-electron chi connectivity index (χ1n) is 11.4. The molecule has 0 aliphatic rings. The van der Waals surface area contributed by atoms with Gasteiger partial charge in [-0.3, -0.25) is 13.9 Å². The number of nitrogens with one attached hydrogen (secondary N) is 2. The second-order valence-corrected chi connectivity index (χ2v) is 9.68. The van der Waals surface area contributed by atoms with Gasteiger partial charge in [-0.2, -0.15) is 0 Å². The molecule has 0 bridgehead atoms. The Morgan fingerprint density at radius 1 is 1.00 bits per heavy atom. The smallest absolute Gasteiger partial charge is 0.264 e. The number of carbonyl (C=O) groups is 2. The molecular formula is C27H29N3O5S. The molecule has 0 saturated carbocycles. The number of benzene rings is 3. The zero-order valence-electron chi connectivity index (χ0n) is 20.2. The molecule has 2 amide bonds. The van der Waals surface area contributed by atoms with Gasteiger partial charge in [0.15, 0.2) is 0 Å². The number of carbonyl (C=O) groups excluding carboxylic acids is 2. The molecule has 2 N–H and O–H groups in total. The Morgan fingerprint density at radius 3 is 2.36 bits per heavy atom. The largest absolute Gasteiger partial charge is 0.492 e. The van der Waals surface area contributed by atoms with E-state index in [2.05, 4.69) is 17.2 Å². The highest BCUT2D eigenvalue weighted by Gasteiger charge is 2.29. The molecule has 0 heterocycles. The van der Waals surface area contributed by atoms with Gasteiger partial charge in [-0.1, -0.05) is 48.0 Å². The van der Waals surface area contributed by atoms with Gasteiger partial charge < -0.3 is 15.4 Å². The SMILES string of the molecule is C=CCNC(=O)c1ccccc1NC(=O)CN(c1ccccc1OCC)S(=O)(=O)c1ccc(C)cc1. The van der Waals surface area contributed by atoms with E-state index in [0.29, 0.717) is 12.4 Å². The third kappa shape index (κ3) is 6.31. The van der Waals surface area contributed by atoms with E-state index in [1.165, 1.54) is 12.1 Å². The molecule has 9 heteroatoms. The van der Waals surface area contributed by atoms with E-state index in [1.54, 1.807) is 73.7 Å². The van der Waals surface area contributed by atoms with Crippen molar-refractivity contribution in [2.75, 3.05) is 29.3 Å². The highest BCUT2D eigenvalue weighted by atomic mass is 32.2. The number of amides is 2. The minimum atomic E-state index is -4.14. The maximum atomic E-state index is 13.7. The Hall–Kier alpha value is -4.11. The van der Waals surface area contributed by atoms with Gasteiger partial charge in [-0.25, -0.2) is 8.42 Å². The first kappa shape index (κ1) is 26.5. The summed E-state index contributed by atoms with van der Waals surface area (Å²) in [7, 11) is -4.14. The van der Waals surface area contributed by atoms with Crippen LogP contribution < -0.4 is 19.7 Å². The number of anilines is 2. The van der Waals surface area contributed by atoms with Crippen LogP contribution in [0.3, 0.4) is 0 Å². The summed E-state index contributed by atoms with van der Waals surface area (Å²) in [4.78, 5) is 25.7. The van der Waals surface area contributed by atoms with Crippen LogP contribution in [0, 0.1) is 6.92 Å². The highest BCUT2D eigenvalue weighted by Crippen LogP contribution is 2.32. The lowest BCUT2D eigenvalue weighted by atomic mass is 10.1. The third-order valence-electron chi connectivity index (χ3n) is 5.18.